The number of hydrogen-bond acceptors (Lipinski definition) is 3. The monoisotopic (exact) mass is 241 g/mol. The molecule has 3 nitrogen and oxygen atoms in total. The summed E-state index contributed by atoms with van der Waals surface area (Å²) in [4.78, 5) is 0. The minimum atomic E-state index is -0.582. The summed E-state index contributed by atoms with van der Waals surface area (Å²) in [5, 5.41) is 11.1. The van der Waals surface area contributed by atoms with Crippen LogP contribution < -0.4 is 5.73 Å². The van der Waals surface area contributed by atoms with E-state index in [9.17, 15) is 5.11 Å². The fraction of sp³-hybridized carbons (Fsp3) is 1.00. The lowest BCUT2D eigenvalue weighted by Crippen LogP contribution is -2.58. The van der Waals surface area contributed by atoms with Crippen LogP contribution in [0.4, 0.5) is 0 Å². The molecule has 3 N–H and O–H groups in total. The highest BCUT2D eigenvalue weighted by atomic mass is 16.5. The molecule has 1 aliphatic carbocycles. The molecule has 0 aromatic carbocycles. The van der Waals surface area contributed by atoms with Crippen LogP contribution in [-0.4, -0.2) is 30.5 Å². The molecule has 1 saturated carbocycles. The summed E-state index contributed by atoms with van der Waals surface area (Å²) >= 11 is 0. The topological polar surface area (TPSA) is 55.5 Å². The van der Waals surface area contributed by atoms with Gasteiger partial charge in [0.1, 0.15) is 0 Å². The van der Waals surface area contributed by atoms with Crippen LogP contribution in [0.25, 0.3) is 0 Å². The van der Waals surface area contributed by atoms with Crippen LogP contribution in [0.3, 0.4) is 0 Å². The lowest BCUT2D eigenvalue weighted by molar-refractivity contribution is -0.167. The number of rotatable bonds is 3. The Hall–Kier alpha value is -0.120. The molecule has 3 unspecified atom stereocenters. The Balaban J connectivity index is 2.15. The molecular weight excluding hydrogens is 214 g/mol. The Morgan fingerprint density at radius 2 is 2.18 bits per heavy atom. The van der Waals surface area contributed by atoms with Crippen LogP contribution in [0, 0.1) is 11.3 Å². The van der Waals surface area contributed by atoms with Crippen LogP contribution in [0.2, 0.25) is 0 Å². The largest absolute Gasteiger partial charge is 0.389 e. The van der Waals surface area contributed by atoms with E-state index in [0.29, 0.717) is 19.1 Å². The van der Waals surface area contributed by atoms with Gasteiger partial charge >= 0.3 is 0 Å². The van der Waals surface area contributed by atoms with Gasteiger partial charge in [-0.1, -0.05) is 26.2 Å². The Morgan fingerprint density at radius 1 is 1.35 bits per heavy atom. The smallest absolute Gasteiger partial charge is 0.0740 e. The van der Waals surface area contributed by atoms with Gasteiger partial charge in [-0.05, 0) is 31.6 Å². The van der Waals surface area contributed by atoms with Crippen LogP contribution in [0.15, 0.2) is 0 Å². The average molecular weight is 241 g/mol. The van der Waals surface area contributed by atoms with E-state index in [1.54, 1.807) is 0 Å². The molecule has 0 bridgehead atoms. The van der Waals surface area contributed by atoms with Crippen LogP contribution in [-0.2, 0) is 4.74 Å². The maximum Gasteiger partial charge on any atom is 0.0740 e. The molecule has 1 aliphatic heterocycles. The van der Waals surface area contributed by atoms with E-state index in [4.69, 9.17) is 10.5 Å². The first-order chi connectivity index (χ1) is 8.16. The van der Waals surface area contributed by atoms with Gasteiger partial charge in [-0.15, -0.1) is 0 Å². The summed E-state index contributed by atoms with van der Waals surface area (Å²) in [6.45, 7) is 4.26. The van der Waals surface area contributed by atoms with Gasteiger partial charge in [0.15, 0.2) is 0 Å². The Kier molecular flexibility index (Phi) is 4.11. The maximum absolute atomic E-state index is 11.1. The van der Waals surface area contributed by atoms with E-state index in [2.05, 4.69) is 6.92 Å². The van der Waals surface area contributed by atoms with E-state index in [1.165, 1.54) is 12.8 Å². The fourth-order valence-electron chi connectivity index (χ4n) is 3.77. The molecule has 0 aromatic rings. The predicted octanol–water partition coefficient (Wildman–Crippen LogP) is 2.07. The quantitative estimate of drug-likeness (QED) is 0.795. The Morgan fingerprint density at radius 3 is 2.76 bits per heavy atom. The van der Waals surface area contributed by atoms with Crippen LogP contribution >= 0.6 is 0 Å². The Labute approximate surface area is 105 Å². The molecule has 2 rings (SSSR count). The van der Waals surface area contributed by atoms with Gasteiger partial charge in [0.2, 0.25) is 0 Å². The molecule has 3 heteroatoms. The molecule has 1 heterocycles. The second-order valence-electron chi connectivity index (χ2n) is 6.04. The maximum atomic E-state index is 11.1. The first kappa shape index (κ1) is 13.3. The summed E-state index contributed by atoms with van der Waals surface area (Å²) in [5.74, 6) is 0.666. The second kappa shape index (κ2) is 5.25. The van der Waals surface area contributed by atoms with Crippen molar-refractivity contribution in [2.24, 2.45) is 17.1 Å². The highest BCUT2D eigenvalue weighted by molar-refractivity contribution is 5.03. The summed E-state index contributed by atoms with van der Waals surface area (Å²) in [5.41, 5.74) is 5.24. The Bertz CT molecular complexity index is 251. The first-order valence-corrected chi connectivity index (χ1v) is 7.16. The van der Waals surface area contributed by atoms with Gasteiger partial charge in [-0.2, -0.15) is 0 Å². The predicted molar refractivity (Wildman–Crippen MR) is 68.7 cm³/mol. The zero-order chi connectivity index (χ0) is 12.4. The van der Waals surface area contributed by atoms with Crippen molar-refractivity contribution in [2.45, 2.75) is 57.5 Å². The normalized spacial score (nSPS) is 43.6. The number of ether oxygens (including phenoxy) is 1. The molecule has 0 aromatic heterocycles. The summed E-state index contributed by atoms with van der Waals surface area (Å²) in [6.07, 6.45) is 7.46. The van der Waals surface area contributed by atoms with Crippen molar-refractivity contribution in [1.29, 1.82) is 0 Å². The van der Waals surface area contributed by atoms with Gasteiger partial charge in [0.25, 0.3) is 0 Å². The molecule has 1 saturated heterocycles. The molecular formula is C14H27NO2. The standard InChI is InChI=1S/C14H27NO2/c1-2-12-5-3-7-14(16,9-12)13(10-15)6-4-8-17-11-13/h12,16H,2-11,15H2,1H3. The van der Waals surface area contributed by atoms with Crippen molar-refractivity contribution in [2.75, 3.05) is 19.8 Å². The van der Waals surface area contributed by atoms with E-state index in [-0.39, 0.29) is 5.41 Å². The molecule has 17 heavy (non-hydrogen) atoms. The molecule has 0 spiro atoms. The van der Waals surface area contributed by atoms with Crippen molar-refractivity contribution < 1.29 is 9.84 Å². The van der Waals surface area contributed by atoms with E-state index in [1.807, 2.05) is 0 Å². The van der Waals surface area contributed by atoms with Gasteiger partial charge < -0.3 is 15.6 Å². The number of nitrogens with two attached hydrogens (primary N) is 1. The van der Waals surface area contributed by atoms with E-state index >= 15 is 0 Å². The molecule has 2 fully saturated rings. The number of hydrogen-bond donors (Lipinski definition) is 2. The third-order valence-corrected chi connectivity index (χ3v) is 5.11. The zero-order valence-electron chi connectivity index (χ0n) is 11.1. The van der Waals surface area contributed by atoms with Crippen molar-refractivity contribution in [3.63, 3.8) is 0 Å². The summed E-state index contributed by atoms with van der Waals surface area (Å²) in [6, 6.07) is 0. The van der Waals surface area contributed by atoms with Gasteiger partial charge in [0, 0.05) is 18.6 Å². The van der Waals surface area contributed by atoms with E-state index < -0.39 is 5.60 Å². The summed E-state index contributed by atoms with van der Waals surface area (Å²) in [7, 11) is 0. The van der Waals surface area contributed by atoms with Crippen molar-refractivity contribution in [1.82, 2.24) is 0 Å². The van der Waals surface area contributed by atoms with Crippen molar-refractivity contribution in [3.8, 4) is 0 Å². The van der Waals surface area contributed by atoms with Crippen molar-refractivity contribution in [3.05, 3.63) is 0 Å². The lowest BCUT2D eigenvalue weighted by atomic mass is 9.60. The van der Waals surface area contributed by atoms with Gasteiger partial charge in [-0.25, -0.2) is 0 Å². The number of aliphatic hydroxyl groups is 1. The minimum Gasteiger partial charge on any atom is -0.389 e. The highest BCUT2D eigenvalue weighted by Gasteiger charge is 2.51. The van der Waals surface area contributed by atoms with Gasteiger partial charge in [-0.3, -0.25) is 0 Å². The average Bonchev–Trinajstić information content (AvgIpc) is 2.39. The van der Waals surface area contributed by atoms with Crippen LogP contribution in [0.1, 0.15) is 51.9 Å². The second-order valence-corrected chi connectivity index (χ2v) is 6.04. The zero-order valence-corrected chi connectivity index (χ0v) is 11.1. The van der Waals surface area contributed by atoms with Crippen LogP contribution in [0.5, 0.6) is 0 Å². The fourth-order valence-corrected chi connectivity index (χ4v) is 3.77. The molecule has 0 radical (unpaired) electrons. The highest BCUT2D eigenvalue weighted by Crippen LogP contribution is 2.48. The SMILES string of the molecule is CCC1CCCC(O)(C2(CN)CCCOC2)C1. The third kappa shape index (κ3) is 2.38. The third-order valence-electron chi connectivity index (χ3n) is 5.11. The molecule has 3 atom stereocenters. The van der Waals surface area contributed by atoms with Gasteiger partial charge in [0.05, 0.1) is 12.2 Å². The molecule has 2 aliphatic rings. The lowest BCUT2D eigenvalue weighted by Gasteiger charge is -2.52. The van der Waals surface area contributed by atoms with E-state index in [0.717, 1.165) is 38.7 Å². The minimum absolute atomic E-state index is 0.181. The first-order valence-electron chi connectivity index (χ1n) is 7.16. The summed E-state index contributed by atoms with van der Waals surface area (Å²) < 4.78 is 5.62. The molecule has 100 valence electrons. The molecule has 0 amide bonds. The van der Waals surface area contributed by atoms with Crippen molar-refractivity contribution >= 4 is 0 Å².